The number of imidazole rings is 1. The van der Waals surface area contributed by atoms with E-state index in [0.717, 1.165) is 11.2 Å². The fourth-order valence-corrected chi connectivity index (χ4v) is 2.27. The van der Waals surface area contributed by atoms with Crippen LogP contribution in [0, 0.1) is 6.92 Å². The molecule has 0 aliphatic rings. The van der Waals surface area contributed by atoms with Gasteiger partial charge in [-0.05, 0) is 25.1 Å². The third-order valence-corrected chi connectivity index (χ3v) is 3.14. The van der Waals surface area contributed by atoms with Gasteiger partial charge in [0.25, 0.3) is 0 Å². The minimum absolute atomic E-state index is 0.262. The number of aryl methyl sites for hydroxylation is 1. The van der Waals surface area contributed by atoms with Crippen molar-refractivity contribution in [1.82, 2.24) is 9.38 Å². The second-order valence-corrected chi connectivity index (χ2v) is 4.36. The summed E-state index contributed by atoms with van der Waals surface area (Å²) in [5.74, 6) is -0.285. The quantitative estimate of drug-likeness (QED) is 0.762. The molecule has 0 saturated carbocycles. The van der Waals surface area contributed by atoms with Gasteiger partial charge in [0.1, 0.15) is 5.82 Å². The van der Waals surface area contributed by atoms with Crippen LogP contribution in [0.15, 0.2) is 48.7 Å². The van der Waals surface area contributed by atoms with Gasteiger partial charge in [-0.1, -0.05) is 24.3 Å². The summed E-state index contributed by atoms with van der Waals surface area (Å²) in [4.78, 5) is 15.7. The molecule has 4 nitrogen and oxygen atoms in total. The van der Waals surface area contributed by atoms with Crippen molar-refractivity contribution in [3.8, 4) is 11.4 Å². The van der Waals surface area contributed by atoms with E-state index in [0.29, 0.717) is 11.4 Å². The van der Waals surface area contributed by atoms with Crippen LogP contribution in [0.1, 0.15) is 16.1 Å². The van der Waals surface area contributed by atoms with Gasteiger partial charge in [-0.2, -0.15) is 0 Å². The number of aromatic carboxylic acids is 1. The molecule has 1 N–H and O–H groups in total. The summed E-state index contributed by atoms with van der Waals surface area (Å²) in [5, 5.41) is 9.27. The number of hydrogen-bond acceptors (Lipinski definition) is 2. The number of aromatic nitrogens is 2. The SMILES string of the molecule is Cc1cccc2cnc(-c3ccccc3C(=O)O)n12. The second-order valence-electron chi connectivity index (χ2n) is 4.36. The highest BCUT2D eigenvalue weighted by molar-refractivity contribution is 5.95. The largest absolute Gasteiger partial charge is 0.478 e. The molecule has 0 saturated heterocycles. The van der Waals surface area contributed by atoms with Crippen molar-refractivity contribution in [3.63, 3.8) is 0 Å². The minimum atomic E-state index is -0.944. The van der Waals surface area contributed by atoms with E-state index in [9.17, 15) is 9.90 Å². The Morgan fingerprint density at radius 2 is 1.95 bits per heavy atom. The van der Waals surface area contributed by atoms with Gasteiger partial charge >= 0.3 is 5.97 Å². The maximum atomic E-state index is 11.3. The Balaban J connectivity index is 2.34. The Hall–Kier alpha value is -2.62. The van der Waals surface area contributed by atoms with Crippen molar-refractivity contribution < 1.29 is 9.90 Å². The molecule has 1 aromatic carbocycles. The van der Waals surface area contributed by atoms with Gasteiger partial charge in [-0.15, -0.1) is 0 Å². The van der Waals surface area contributed by atoms with E-state index in [2.05, 4.69) is 4.98 Å². The monoisotopic (exact) mass is 252 g/mol. The number of rotatable bonds is 2. The fourth-order valence-electron chi connectivity index (χ4n) is 2.27. The topological polar surface area (TPSA) is 54.6 Å². The first-order chi connectivity index (χ1) is 9.18. The molecule has 0 bridgehead atoms. The van der Waals surface area contributed by atoms with E-state index < -0.39 is 5.97 Å². The molecule has 19 heavy (non-hydrogen) atoms. The Labute approximate surface area is 110 Å². The predicted octanol–water partition coefficient (Wildman–Crippen LogP) is 3.01. The number of benzene rings is 1. The summed E-state index contributed by atoms with van der Waals surface area (Å²) < 4.78 is 1.96. The highest BCUT2D eigenvalue weighted by Gasteiger charge is 2.15. The zero-order valence-electron chi connectivity index (χ0n) is 10.4. The average molecular weight is 252 g/mol. The second kappa shape index (κ2) is 4.24. The highest BCUT2D eigenvalue weighted by atomic mass is 16.4. The Kier molecular flexibility index (Phi) is 2.56. The number of nitrogens with zero attached hydrogens (tertiary/aromatic N) is 2. The molecule has 0 spiro atoms. The van der Waals surface area contributed by atoms with Gasteiger partial charge in [0.05, 0.1) is 17.3 Å². The zero-order chi connectivity index (χ0) is 13.4. The van der Waals surface area contributed by atoms with Crippen LogP contribution in [-0.2, 0) is 0 Å². The summed E-state index contributed by atoms with van der Waals surface area (Å²) in [6.07, 6.45) is 1.75. The van der Waals surface area contributed by atoms with Gasteiger partial charge in [0, 0.05) is 11.3 Å². The van der Waals surface area contributed by atoms with Crippen molar-refractivity contribution in [1.29, 1.82) is 0 Å². The molecule has 0 unspecified atom stereocenters. The first-order valence-corrected chi connectivity index (χ1v) is 5.94. The molecule has 0 atom stereocenters. The Morgan fingerprint density at radius 3 is 2.74 bits per heavy atom. The third kappa shape index (κ3) is 1.78. The number of carbonyl (C=O) groups is 1. The molecular formula is C15H12N2O2. The summed E-state index contributed by atoms with van der Waals surface area (Å²) in [6, 6.07) is 12.8. The molecule has 3 aromatic rings. The molecule has 3 rings (SSSR count). The molecule has 2 heterocycles. The number of fused-ring (bicyclic) bond motifs is 1. The molecule has 4 heteroatoms. The van der Waals surface area contributed by atoms with E-state index in [-0.39, 0.29) is 5.56 Å². The molecule has 2 aromatic heterocycles. The fraction of sp³-hybridized carbons (Fsp3) is 0.0667. The van der Waals surface area contributed by atoms with Crippen LogP contribution in [0.25, 0.3) is 16.9 Å². The van der Waals surface area contributed by atoms with E-state index in [4.69, 9.17) is 0 Å². The molecule has 0 radical (unpaired) electrons. The number of carboxylic acid groups (broad SMARTS) is 1. The zero-order valence-corrected chi connectivity index (χ0v) is 10.4. The molecule has 0 aliphatic heterocycles. The van der Waals surface area contributed by atoms with Crippen molar-refractivity contribution in [3.05, 3.63) is 59.9 Å². The van der Waals surface area contributed by atoms with Crippen LogP contribution in [0.4, 0.5) is 0 Å². The van der Waals surface area contributed by atoms with Crippen LogP contribution in [0.5, 0.6) is 0 Å². The normalized spacial score (nSPS) is 10.8. The summed E-state index contributed by atoms with van der Waals surface area (Å²) in [7, 11) is 0. The van der Waals surface area contributed by atoms with Crippen molar-refractivity contribution in [2.45, 2.75) is 6.92 Å². The first-order valence-electron chi connectivity index (χ1n) is 5.94. The Bertz CT molecular complexity index is 775. The summed E-state index contributed by atoms with van der Waals surface area (Å²) in [5.41, 5.74) is 2.86. The lowest BCUT2D eigenvalue weighted by molar-refractivity contribution is 0.0697. The molecular weight excluding hydrogens is 240 g/mol. The van der Waals surface area contributed by atoms with Gasteiger partial charge in [-0.25, -0.2) is 9.78 Å². The highest BCUT2D eigenvalue weighted by Crippen LogP contribution is 2.24. The lowest BCUT2D eigenvalue weighted by Crippen LogP contribution is -2.02. The van der Waals surface area contributed by atoms with Crippen LogP contribution < -0.4 is 0 Å². The van der Waals surface area contributed by atoms with Crippen LogP contribution >= 0.6 is 0 Å². The molecule has 0 aliphatic carbocycles. The summed E-state index contributed by atoms with van der Waals surface area (Å²) >= 11 is 0. The molecule has 0 amide bonds. The number of carboxylic acids is 1. The van der Waals surface area contributed by atoms with Crippen LogP contribution in [0.3, 0.4) is 0 Å². The van der Waals surface area contributed by atoms with Gasteiger partial charge in [0.2, 0.25) is 0 Å². The standard InChI is InChI=1S/C15H12N2O2/c1-10-5-4-6-11-9-16-14(17(10)11)12-7-2-3-8-13(12)15(18)19/h2-9H,1H3,(H,18,19). The third-order valence-electron chi connectivity index (χ3n) is 3.14. The molecule has 0 fully saturated rings. The predicted molar refractivity (Wildman–Crippen MR) is 72.3 cm³/mol. The average Bonchev–Trinajstić information content (AvgIpc) is 2.84. The van der Waals surface area contributed by atoms with E-state index in [1.165, 1.54) is 0 Å². The minimum Gasteiger partial charge on any atom is -0.478 e. The van der Waals surface area contributed by atoms with E-state index in [1.807, 2.05) is 35.6 Å². The summed E-state index contributed by atoms with van der Waals surface area (Å²) in [6.45, 7) is 1.97. The number of pyridine rings is 1. The smallest absolute Gasteiger partial charge is 0.336 e. The van der Waals surface area contributed by atoms with Crippen molar-refractivity contribution in [2.75, 3.05) is 0 Å². The van der Waals surface area contributed by atoms with Gasteiger partial charge < -0.3 is 5.11 Å². The van der Waals surface area contributed by atoms with Gasteiger partial charge in [-0.3, -0.25) is 4.40 Å². The maximum absolute atomic E-state index is 11.3. The molecule has 94 valence electrons. The van der Waals surface area contributed by atoms with Crippen LogP contribution in [-0.4, -0.2) is 20.5 Å². The van der Waals surface area contributed by atoms with Crippen molar-refractivity contribution in [2.24, 2.45) is 0 Å². The number of hydrogen-bond donors (Lipinski definition) is 1. The first kappa shape index (κ1) is 11.5. The van der Waals surface area contributed by atoms with E-state index in [1.54, 1.807) is 24.4 Å². The lowest BCUT2D eigenvalue weighted by Gasteiger charge is -2.07. The Morgan fingerprint density at radius 1 is 1.16 bits per heavy atom. The maximum Gasteiger partial charge on any atom is 0.336 e. The lowest BCUT2D eigenvalue weighted by atomic mass is 10.1. The van der Waals surface area contributed by atoms with Gasteiger partial charge in [0.15, 0.2) is 0 Å². The van der Waals surface area contributed by atoms with E-state index >= 15 is 0 Å². The van der Waals surface area contributed by atoms with Crippen molar-refractivity contribution >= 4 is 11.5 Å². The van der Waals surface area contributed by atoms with Crippen LogP contribution in [0.2, 0.25) is 0 Å².